The van der Waals surface area contributed by atoms with Crippen molar-refractivity contribution < 1.29 is 14.0 Å². The lowest BCUT2D eigenvalue weighted by molar-refractivity contribution is -0.126. The number of para-hydroxylation sites is 1. The standard InChI is InChI=1S/C23H23N3O3/c1-14-18-6-4-5-7-19(18)29-22(14)15(2)26(3)21(28)11-8-16-12-17-9-10-20(27)25-23(17)24-13-16/h4-8,11-13,15H,9-10H2,1-3H3,(H,24,25,27)/b11-8+. The van der Waals surface area contributed by atoms with Crippen molar-refractivity contribution in [1.82, 2.24) is 9.88 Å². The van der Waals surface area contributed by atoms with Gasteiger partial charge in [0.2, 0.25) is 11.8 Å². The van der Waals surface area contributed by atoms with Gasteiger partial charge in [-0.3, -0.25) is 9.59 Å². The van der Waals surface area contributed by atoms with Crippen LogP contribution in [-0.4, -0.2) is 28.7 Å². The van der Waals surface area contributed by atoms with Crippen LogP contribution in [0.5, 0.6) is 0 Å². The molecule has 1 atom stereocenters. The summed E-state index contributed by atoms with van der Waals surface area (Å²) in [5.41, 5.74) is 3.70. The zero-order valence-electron chi connectivity index (χ0n) is 16.7. The summed E-state index contributed by atoms with van der Waals surface area (Å²) in [7, 11) is 1.77. The highest BCUT2D eigenvalue weighted by molar-refractivity contribution is 5.94. The van der Waals surface area contributed by atoms with Gasteiger partial charge in [0.05, 0.1) is 6.04 Å². The number of nitrogens with one attached hydrogen (secondary N) is 1. The van der Waals surface area contributed by atoms with E-state index >= 15 is 0 Å². The summed E-state index contributed by atoms with van der Waals surface area (Å²) in [6.07, 6.45) is 6.06. The molecular formula is C23H23N3O3. The van der Waals surface area contributed by atoms with Gasteiger partial charge in [0, 0.05) is 36.7 Å². The second kappa shape index (κ2) is 7.54. The number of benzene rings is 1. The van der Waals surface area contributed by atoms with Crippen LogP contribution < -0.4 is 5.32 Å². The van der Waals surface area contributed by atoms with Crippen LogP contribution in [0.25, 0.3) is 17.0 Å². The second-order valence-electron chi connectivity index (χ2n) is 7.37. The molecule has 3 heterocycles. The number of fused-ring (bicyclic) bond motifs is 2. The minimum Gasteiger partial charge on any atom is -0.459 e. The van der Waals surface area contributed by atoms with Crippen LogP contribution in [0.4, 0.5) is 5.82 Å². The molecule has 2 aromatic heterocycles. The number of pyridine rings is 1. The number of aromatic nitrogens is 1. The predicted octanol–water partition coefficient (Wildman–Crippen LogP) is 4.25. The Morgan fingerprint density at radius 1 is 1.31 bits per heavy atom. The average molecular weight is 389 g/mol. The maximum absolute atomic E-state index is 12.7. The molecule has 148 valence electrons. The molecule has 1 aromatic carbocycles. The number of aryl methyl sites for hydroxylation is 2. The van der Waals surface area contributed by atoms with Gasteiger partial charge in [-0.1, -0.05) is 18.2 Å². The zero-order chi connectivity index (χ0) is 20.5. The summed E-state index contributed by atoms with van der Waals surface area (Å²) in [4.78, 5) is 30.1. The SMILES string of the molecule is Cc1c(C(C)N(C)C(=O)/C=C/c2cnc3c(c2)CCC(=O)N3)oc2ccccc12. The lowest BCUT2D eigenvalue weighted by Gasteiger charge is -2.22. The van der Waals surface area contributed by atoms with E-state index in [2.05, 4.69) is 10.3 Å². The number of hydrogen-bond acceptors (Lipinski definition) is 4. The van der Waals surface area contributed by atoms with Gasteiger partial charge in [-0.15, -0.1) is 0 Å². The van der Waals surface area contributed by atoms with E-state index in [-0.39, 0.29) is 17.9 Å². The van der Waals surface area contributed by atoms with E-state index in [1.807, 2.05) is 44.2 Å². The van der Waals surface area contributed by atoms with Crippen molar-refractivity contribution in [2.75, 3.05) is 12.4 Å². The molecule has 1 unspecified atom stereocenters. The summed E-state index contributed by atoms with van der Waals surface area (Å²) in [5.74, 6) is 1.26. The molecule has 0 spiro atoms. The molecule has 1 aliphatic rings. The molecule has 1 aliphatic heterocycles. The monoisotopic (exact) mass is 389 g/mol. The quantitative estimate of drug-likeness (QED) is 0.677. The lowest BCUT2D eigenvalue weighted by atomic mass is 10.0. The average Bonchev–Trinajstić information content (AvgIpc) is 3.07. The van der Waals surface area contributed by atoms with Crippen molar-refractivity contribution in [2.24, 2.45) is 0 Å². The molecule has 0 saturated heterocycles. The van der Waals surface area contributed by atoms with Gasteiger partial charge in [-0.2, -0.15) is 0 Å². The normalized spacial score (nSPS) is 14.7. The van der Waals surface area contributed by atoms with Crippen molar-refractivity contribution in [1.29, 1.82) is 0 Å². The highest BCUT2D eigenvalue weighted by Gasteiger charge is 2.22. The fourth-order valence-corrected chi connectivity index (χ4v) is 3.61. The molecule has 3 aromatic rings. The summed E-state index contributed by atoms with van der Waals surface area (Å²) < 4.78 is 6.00. The van der Waals surface area contributed by atoms with E-state index in [9.17, 15) is 9.59 Å². The molecule has 6 heteroatoms. The maximum Gasteiger partial charge on any atom is 0.246 e. The molecule has 0 saturated carbocycles. The van der Waals surface area contributed by atoms with Crippen LogP contribution in [0.15, 0.2) is 47.0 Å². The number of likely N-dealkylation sites (N-methyl/N-ethyl adjacent to an activating group) is 1. The number of hydrogen-bond donors (Lipinski definition) is 1. The van der Waals surface area contributed by atoms with E-state index in [0.29, 0.717) is 18.7 Å². The Bertz CT molecular complexity index is 1130. The molecule has 6 nitrogen and oxygen atoms in total. The first-order chi connectivity index (χ1) is 13.9. The number of carbonyl (C=O) groups is 2. The smallest absolute Gasteiger partial charge is 0.246 e. The minimum atomic E-state index is -0.198. The van der Waals surface area contributed by atoms with E-state index < -0.39 is 0 Å². The Morgan fingerprint density at radius 3 is 2.90 bits per heavy atom. The van der Waals surface area contributed by atoms with Crippen LogP contribution in [0.1, 0.15) is 41.8 Å². The van der Waals surface area contributed by atoms with Gasteiger partial charge in [-0.25, -0.2) is 4.98 Å². The number of anilines is 1. The third-order valence-corrected chi connectivity index (χ3v) is 5.47. The van der Waals surface area contributed by atoms with E-state index in [1.165, 1.54) is 0 Å². The topological polar surface area (TPSA) is 75.4 Å². The molecule has 1 N–H and O–H groups in total. The van der Waals surface area contributed by atoms with Gasteiger partial charge in [0.15, 0.2) is 0 Å². The first-order valence-electron chi connectivity index (χ1n) is 9.65. The highest BCUT2D eigenvalue weighted by atomic mass is 16.3. The number of carbonyl (C=O) groups excluding carboxylic acids is 2. The summed E-state index contributed by atoms with van der Waals surface area (Å²) >= 11 is 0. The second-order valence-corrected chi connectivity index (χ2v) is 7.37. The summed E-state index contributed by atoms with van der Waals surface area (Å²) in [6.45, 7) is 3.98. The molecule has 29 heavy (non-hydrogen) atoms. The first kappa shape index (κ1) is 18.9. The van der Waals surface area contributed by atoms with Gasteiger partial charge in [0.1, 0.15) is 17.2 Å². The Morgan fingerprint density at radius 2 is 2.10 bits per heavy atom. The molecule has 0 fully saturated rings. The van der Waals surface area contributed by atoms with Crippen molar-refractivity contribution in [3.05, 3.63) is 65.1 Å². The van der Waals surface area contributed by atoms with Crippen molar-refractivity contribution in [3.8, 4) is 0 Å². The number of nitrogens with zero attached hydrogens (tertiary/aromatic N) is 2. The third kappa shape index (κ3) is 3.66. The van der Waals surface area contributed by atoms with Crippen LogP contribution in [-0.2, 0) is 16.0 Å². The fourth-order valence-electron chi connectivity index (χ4n) is 3.61. The molecular weight excluding hydrogens is 366 g/mol. The molecule has 2 amide bonds. The van der Waals surface area contributed by atoms with E-state index in [0.717, 1.165) is 33.4 Å². The predicted molar refractivity (Wildman–Crippen MR) is 112 cm³/mol. The van der Waals surface area contributed by atoms with Gasteiger partial charge < -0.3 is 14.6 Å². The number of amides is 2. The Labute approximate surface area is 169 Å². The Balaban J connectivity index is 1.50. The maximum atomic E-state index is 12.7. The van der Waals surface area contributed by atoms with Crippen molar-refractivity contribution in [3.63, 3.8) is 0 Å². The van der Waals surface area contributed by atoms with Crippen molar-refractivity contribution >= 4 is 34.7 Å². The molecule has 0 bridgehead atoms. The molecule has 0 radical (unpaired) electrons. The van der Waals surface area contributed by atoms with Gasteiger partial charge in [0.25, 0.3) is 0 Å². The van der Waals surface area contributed by atoms with Crippen LogP contribution in [0.2, 0.25) is 0 Å². The Hall–Kier alpha value is -3.41. The largest absolute Gasteiger partial charge is 0.459 e. The lowest BCUT2D eigenvalue weighted by Crippen LogP contribution is -2.28. The number of rotatable bonds is 4. The third-order valence-electron chi connectivity index (χ3n) is 5.47. The van der Waals surface area contributed by atoms with Gasteiger partial charge in [-0.05, 0) is 49.6 Å². The fraction of sp³-hybridized carbons (Fsp3) is 0.261. The molecule has 4 rings (SSSR count). The number of furan rings is 1. The highest BCUT2D eigenvalue weighted by Crippen LogP contribution is 2.31. The van der Waals surface area contributed by atoms with Crippen LogP contribution in [0, 0.1) is 6.92 Å². The summed E-state index contributed by atoms with van der Waals surface area (Å²) in [5, 5.41) is 3.83. The first-order valence-corrected chi connectivity index (χ1v) is 9.65. The summed E-state index contributed by atoms with van der Waals surface area (Å²) in [6, 6.07) is 9.64. The van der Waals surface area contributed by atoms with Crippen LogP contribution in [0.3, 0.4) is 0 Å². The zero-order valence-corrected chi connectivity index (χ0v) is 16.7. The van der Waals surface area contributed by atoms with Gasteiger partial charge >= 0.3 is 0 Å². The van der Waals surface area contributed by atoms with Crippen LogP contribution >= 0.6 is 0 Å². The van der Waals surface area contributed by atoms with E-state index in [1.54, 1.807) is 30.3 Å². The van der Waals surface area contributed by atoms with Crippen molar-refractivity contribution in [2.45, 2.75) is 32.7 Å². The Kier molecular flexibility index (Phi) is 4.92. The molecule has 0 aliphatic carbocycles. The van der Waals surface area contributed by atoms with E-state index in [4.69, 9.17) is 4.42 Å². The minimum absolute atomic E-state index is 0.0139.